The van der Waals surface area contributed by atoms with Crippen LogP contribution in [0.25, 0.3) is 66.1 Å². The van der Waals surface area contributed by atoms with Gasteiger partial charge in [-0.15, -0.1) is 0 Å². The molecule has 0 spiro atoms. The zero-order chi connectivity index (χ0) is 36.0. The van der Waals surface area contributed by atoms with Gasteiger partial charge in [0.2, 0.25) is 0 Å². The Morgan fingerprint density at radius 3 is 2.13 bits per heavy atom. The summed E-state index contributed by atoms with van der Waals surface area (Å²) >= 11 is 0. The summed E-state index contributed by atoms with van der Waals surface area (Å²) in [5, 5.41) is 4.26. The van der Waals surface area contributed by atoms with Gasteiger partial charge in [-0.25, -0.2) is 4.99 Å². The van der Waals surface area contributed by atoms with Crippen LogP contribution in [-0.2, 0) is 6.54 Å². The van der Waals surface area contributed by atoms with Crippen LogP contribution in [0.3, 0.4) is 0 Å². The minimum atomic E-state index is 0.221. The lowest BCUT2D eigenvalue weighted by molar-refractivity contribution is 0.657. The van der Waals surface area contributed by atoms with Crippen LogP contribution in [0.15, 0.2) is 200 Å². The molecule has 2 atom stereocenters. The number of allylic oxidation sites excluding steroid dienone is 6. The third-order valence-electron chi connectivity index (χ3n) is 10.5. The number of benzene rings is 6. The molecule has 8 aromatic rings. The van der Waals surface area contributed by atoms with Crippen molar-refractivity contribution < 1.29 is 8.83 Å². The summed E-state index contributed by atoms with van der Waals surface area (Å²) in [6.45, 7) is 0.359. The van der Waals surface area contributed by atoms with E-state index in [-0.39, 0.29) is 5.92 Å². The second kappa shape index (κ2) is 13.2. The van der Waals surface area contributed by atoms with E-state index in [9.17, 15) is 0 Å². The second-order valence-corrected chi connectivity index (χ2v) is 13.9. The maximum Gasteiger partial charge on any atom is 0.157 e. The standard InChI is InChI=1S/C49H35N3O2/c50-48(34-24-21-33(22-25-34)31-11-2-1-3-12-31)52-49(36-26-23-32-13-4-5-14-35(32)27-36)51-30-38-28-37(29-45-46(38)42-16-7-9-20-44(42)53-45)39-17-10-18-41-40-15-6-8-19-43(40)54-47(39)41/h1-29,32,35H,30H2,(H2,50,51,52). The van der Waals surface area contributed by atoms with Gasteiger partial charge in [0.05, 0.1) is 6.54 Å². The second-order valence-electron chi connectivity index (χ2n) is 13.9. The minimum Gasteiger partial charge on any atom is -0.456 e. The van der Waals surface area contributed by atoms with Gasteiger partial charge in [-0.05, 0) is 46.5 Å². The lowest BCUT2D eigenvalue weighted by Gasteiger charge is -2.23. The third kappa shape index (κ3) is 5.67. The van der Waals surface area contributed by atoms with E-state index in [1.54, 1.807) is 0 Å². The van der Waals surface area contributed by atoms with Gasteiger partial charge in [-0.1, -0.05) is 152 Å². The molecular formula is C49H35N3O2. The van der Waals surface area contributed by atoms with Gasteiger partial charge in [0.25, 0.3) is 0 Å². The first-order valence-electron chi connectivity index (χ1n) is 18.3. The third-order valence-corrected chi connectivity index (χ3v) is 10.5. The zero-order valence-corrected chi connectivity index (χ0v) is 29.4. The minimum absolute atomic E-state index is 0.221. The Hall–Kier alpha value is -6.98. The summed E-state index contributed by atoms with van der Waals surface area (Å²) in [5.74, 6) is 1.52. The summed E-state index contributed by atoms with van der Waals surface area (Å²) < 4.78 is 13.0. The van der Waals surface area contributed by atoms with Crippen molar-refractivity contribution >= 4 is 55.5 Å². The number of hydrogen-bond donors (Lipinski definition) is 1. The highest BCUT2D eigenvalue weighted by molar-refractivity contribution is 6.13. The fourth-order valence-electron chi connectivity index (χ4n) is 7.82. The van der Waals surface area contributed by atoms with Gasteiger partial charge in [0.15, 0.2) is 5.84 Å². The highest BCUT2D eigenvalue weighted by atomic mass is 16.3. The Balaban J connectivity index is 1.10. The summed E-state index contributed by atoms with van der Waals surface area (Å²) in [7, 11) is 0. The molecule has 0 saturated carbocycles. The van der Waals surface area contributed by atoms with Crippen molar-refractivity contribution in [1.29, 1.82) is 0 Å². The van der Waals surface area contributed by atoms with E-state index in [1.807, 2.05) is 66.7 Å². The van der Waals surface area contributed by atoms with Gasteiger partial charge in [-0.3, -0.25) is 4.99 Å². The number of amidine groups is 2. The predicted molar refractivity (Wildman–Crippen MR) is 223 cm³/mol. The molecule has 2 aromatic heterocycles. The Morgan fingerprint density at radius 1 is 0.593 bits per heavy atom. The molecule has 2 aliphatic rings. The number of aliphatic imine (C=N–C) groups is 2. The SMILES string of the molecule is N/C(=N\C(=N/Cc1cc(-c2cccc3c2oc2ccccc23)cc2oc3ccccc3c12)C1=CC2C=CC=CC2C=C1)c1ccc(-c2ccccc2)cc1. The fourth-order valence-corrected chi connectivity index (χ4v) is 7.82. The van der Waals surface area contributed by atoms with E-state index in [0.717, 1.165) is 82.8 Å². The van der Waals surface area contributed by atoms with Crippen molar-refractivity contribution in [3.8, 4) is 22.3 Å². The van der Waals surface area contributed by atoms with Gasteiger partial charge in [0.1, 0.15) is 28.2 Å². The molecule has 0 bridgehead atoms. The van der Waals surface area contributed by atoms with Crippen LogP contribution in [0.1, 0.15) is 11.1 Å². The van der Waals surface area contributed by atoms with Crippen LogP contribution >= 0.6 is 0 Å². The molecule has 6 aromatic carbocycles. The molecule has 0 fully saturated rings. The van der Waals surface area contributed by atoms with Gasteiger partial charge >= 0.3 is 0 Å². The first kappa shape index (κ1) is 31.7. The molecule has 2 N–H and O–H groups in total. The van der Waals surface area contributed by atoms with Crippen molar-refractivity contribution in [1.82, 2.24) is 0 Å². The van der Waals surface area contributed by atoms with E-state index in [4.69, 9.17) is 24.6 Å². The molecule has 0 radical (unpaired) electrons. The van der Waals surface area contributed by atoms with Gasteiger partial charge < -0.3 is 14.6 Å². The van der Waals surface area contributed by atoms with Crippen LogP contribution in [-0.4, -0.2) is 11.7 Å². The van der Waals surface area contributed by atoms with Crippen LogP contribution in [0.5, 0.6) is 0 Å². The van der Waals surface area contributed by atoms with E-state index in [0.29, 0.717) is 24.1 Å². The topological polar surface area (TPSA) is 77.0 Å². The van der Waals surface area contributed by atoms with Gasteiger partial charge in [0, 0.05) is 50.1 Å². The molecule has 0 amide bonds. The molecule has 0 aliphatic heterocycles. The van der Waals surface area contributed by atoms with E-state index < -0.39 is 0 Å². The molecular weight excluding hydrogens is 663 g/mol. The van der Waals surface area contributed by atoms with Crippen molar-refractivity contribution in [2.75, 3.05) is 0 Å². The normalized spacial score (nSPS) is 17.1. The molecule has 2 unspecified atom stereocenters. The number of para-hydroxylation sites is 3. The molecule has 2 heterocycles. The quantitative estimate of drug-likeness (QED) is 0.139. The summed E-state index contributed by atoms with van der Waals surface area (Å²) in [5.41, 5.74) is 17.2. The Labute approximate surface area is 312 Å². The number of furan rings is 2. The van der Waals surface area contributed by atoms with Crippen molar-refractivity contribution in [2.24, 2.45) is 27.6 Å². The van der Waals surface area contributed by atoms with Crippen molar-refractivity contribution in [3.63, 3.8) is 0 Å². The number of fused-ring (bicyclic) bond motifs is 7. The monoisotopic (exact) mass is 697 g/mol. The highest BCUT2D eigenvalue weighted by Gasteiger charge is 2.22. The van der Waals surface area contributed by atoms with E-state index in [1.165, 1.54) is 0 Å². The number of rotatable bonds is 6. The molecule has 10 rings (SSSR count). The molecule has 2 aliphatic carbocycles. The molecule has 5 heteroatoms. The summed E-state index contributed by atoms with van der Waals surface area (Å²) in [6, 6.07) is 45.6. The lowest BCUT2D eigenvalue weighted by atomic mass is 9.83. The van der Waals surface area contributed by atoms with Crippen LogP contribution in [0.2, 0.25) is 0 Å². The first-order valence-corrected chi connectivity index (χ1v) is 18.3. The van der Waals surface area contributed by atoms with Gasteiger partial charge in [-0.2, -0.15) is 0 Å². The Kier molecular flexibility index (Phi) is 7.76. The molecule has 0 saturated heterocycles. The largest absolute Gasteiger partial charge is 0.456 e. The Morgan fingerprint density at radius 2 is 1.30 bits per heavy atom. The van der Waals surface area contributed by atoms with Crippen LogP contribution < -0.4 is 5.73 Å². The summed E-state index contributed by atoms with van der Waals surface area (Å²) in [6.07, 6.45) is 15.3. The maximum absolute atomic E-state index is 6.79. The first-order chi connectivity index (χ1) is 26.7. The lowest BCUT2D eigenvalue weighted by Crippen LogP contribution is -2.19. The van der Waals surface area contributed by atoms with E-state index in [2.05, 4.69) is 109 Å². The molecule has 258 valence electrons. The van der Waals surface area contributed by atoms with Crippen molar-refractivity contribution in [2.45, 2.75) is 6.54 Å². The average Bonchev–Trinajstić information content (AvgIpc) is 3.81. The molecule has 54 heavy (non-hydrogen) atoms. The van der Waals surface area contributed by atoms with E-state index >= 15 is 0 Å². The smallest absolute Gasteiger partial charge is 0.157 e. The number of hydrogen-bond acceptors (Lipinski definition) is 3. The Bertz CT molecular complexity index is 2920. The van der Waals surface area contributed by atoms with Crippen molar-refractivity contribution in [3.05, 3.63) is 193 Å². The average molecular weight is 698 g/mol. The zero-order valence-electron chi connectivity index (χ0n) is 29.4. The maximum atomic E-state index is 6.79. The summed E-state index contributed by atoms with van der Waals surface area (Å²) in [4.78, 5) is 10.3. The van der Waals surface area contributed by atoms with Crippen LogP contribution in [0, 0.1) is 11.8 Å². The number of nitrogens with zero attached hydrogens (tertiary/aromatic N) is 2. The highest BCUT2D eigenvalue weighted by Crippen LogP contribution is 2.40. The number of nitrogens with two attached hydrogens (primary N) is 1. The van der Waals surface area contributed by atoms with Crippen LogP contribution in [0.4, 0.5) is 0 Å². The fraction of sp³-hybridized carbons (Fsp3) is 0.0612. The predicted octanol–water partition coefficient (Wildman–Crippen LogP) is 12.0. The molecule has 5 nitrogen and oxygen atoms in total.